The van der Waals surface area contributed by atoms with E-state index < -0.39 is 0 Å². The highest BCUT2D eigenvalue weighted by Crippen LogP contribution is 2.31. The van der Waals surface area contributed by atoms with E-state index in [1.54, 1.807) is 0 Å². The van der Waals surface area contributed by atoms with Crippen LogP contribution in [-0.4, -0.2) is 6.61 Å². The third-order valence-electron chi connectivity index (χ3n) is 2.78. The molecule has 0 aliphatic carbocycles. The molecule has 0 aliphatic rings. The fraction of sp³-hybridized carbons (Fsp3) is 0.571. The van der Waals surface area contributed by atoms with E-state index in [1.165, 1.54) is 5.56 Å². The van der Waals surface area contributed by atoms with Crippen LogP contribution in [0, 0.1) is 6.92 Å². The van der Waals surface area contributed by atoms with E-state index in [4.69, 9.17) is 10.5 Å². The van der Waals surface area contributed by atoms with Crippen molar-refractivity contribution in [3.05, 3.63) is 23.3 Å². The molecule has 0 spiro atoms. The first kappa shape index (κ1) is 12.9. The first-order valence-corrected chi connectivity index (χ1v) is 6.09. The number of unbranched alkanes of at least 4 members (excludes halogenated alkanes) is 1. The van der Waals surface area contributed by atoms with Crippen LogP contribution in [0.25, 0.3) is 0 Å². The summed E-state index contributed by atoms with van der Waals surface area (Å²) in [6.45, 7) is 9.31. The van der Waals surface area contributed by atoms with E-state index in [2.05, 4.69) is 26.8 Å². The van der Waals surface area contributed by atoms with Crippen LogP contribution in [0.3, 0.4) is 0 Å². The second kappa shape index (κ2) is 5.78. The second-order valence-electron chi connectivity index (χ2n) is 4.60. The summed E-state index contributed by atoms with van der Waals surface area (Å²) >= 11 is 0. The minimum absolute atomic E-state index is 0.444. The minimum atomic E-state index is 0.444. The monoisotopic (exact) mass is 221 g/mol. The van der Waals surface area contributed by atoms with E-state index in [9.17, 15) is 0 Å². The van der Waals surface area contributed by atoms with Crippen LogP contribution in [0.5, 0.6) is 5.75 Å². The van der Waals surface area contributed by atoms with Crippen molar-refractivity contribution >= 4 is 5.69 Å². The number of hydrogen-bond donors (Lipinski definition) is 1. The Kier molecular flexibility index (Phi) is 4.66. The summed E-state index contributed by atoms with van der Waals surface area (Å²) in [7, 11) is 0. The summed E-state index contributed by atoms with van der Waals surface area (Å²) in [6, 6.07) is 4.10. The summed E-state index contributed by atoms with van der Waals surface area (Å²) in [4.78, 5) is 0. The smallest absolute Gasteiger partial charge is 0.123 e. The van der Waals surface area contributed by atoms with Crippen molar-refractivity contribution < 1.29 is 4.74 Å². The number of hydrogen-bond acceptors (Lipinski definition) is 2. The van der Waals surface area contributed by atoms with Crippen LogP contribution in [0.15, 0.2) is 12.1 Å². The molecule has 2 N–H and O–H groups in total. The molecule has 90 valence electrons. The molecular weight excluding hydrogens is 198 g/mol. The molecule has 0 amide bonds. The standard InChI is InChI=1S/C14H23NO/c1-5-6-7-16-14-8-11(4)13(15)9-12(14)10(2)3/h8-10H,5-7,15H2,1-4H3. The van der Waals surface area contributed by atoms with Crippen LogP contribution >= 0.6 is 0 Å². The molecule has 0 heterocycles. The number of anilines is 1. The van der Waals surface area contributed by atoms with Gasteiger partial charge in [0.1, 0.15) is 5.75 Å². The Bertz CT molecular complexity index is 345. The molecule has 0 aliphatic heterocycles. The van der Waals surface area contributed by atoms with E-state index in [0.717, 1.165) is 36.4 Å². The average Bonchev–Trinajstić information content (AvgIpc) is 2.23. The molecule has 0 radical (unpaired) electrons. The molecule has 2 heteroatoms. The van der Waals surface area contributed by atoms with Crippen LogP contribution in [0.1, 0.15) is 50.7 Å². The van der Waals surface area contributed by atoms with Crippen LogP contribution in [0.4, 0.5) is 5.69 Å². The maximum atomic E-state index is 5.93. The molecule has 0 aromatic heterocycles. The van der Waals surface area contributed by atoms with Gasteiger partial charge in [0.15, 0.2) is 0 Å². The molecule has 0 atom stereocenters. The Morgan fingerprint density at radius 2 is 2.00 bits per heavy atom. The van der Waals surface area contributed by atoms with Gasteiger partial charge in [0.05, 0.1) is 6.61 Å². The number of benzene rings is 1. The lowest BCUT2D eigenvalue weighted by molar-refractivity contribution is 0.305. The van der Waals surface area contributed by atoms with Crippen molar-refractivity contribution in [2.24, 2.45) is 0 Å². The lowest BCUT2D eigenvalue weighted by Crippen LogP contribution is -2.03. The molecule has 1 rings (SSSR count). The maximum absolute atomic E-state index is 5.93. The SMILES string of the molecule is CCCCOc1cc(C)c(N)cc1C(C)C. The Morgan fingerprint density at radius 1 is 1.31 bits per heavy atom. The van der Waals surface area contributed by atoms with Gasteiger partial charge in [-0.15, -0.1) is 0 Å². The lowest BCUT2D eigenvalue weighted by atomic mass is 9.99. The van der Waals surface area contributed by atoms with Crippen molar-refractivity contribution in [2.75, 3.05) is 12.3 Å². The van der Waals surface area contributed by atoms with Gasteiger partial charge in [0.25, 0.3) is 0 Å². The summed E-state index contributed by atoms with van der Waals surface area (Å²) in [6.07, 6.45) is 2.26. The number of aryl methyl sites for hydroxylation is 1. The molecule has 0 bridgehead atoms. The van der Waals surface area contributed by atoms with Gasteiger partial charge >= 0.3 is 0 Å². The molecule has 1 aromatic rings. The zero-order valence-corrected chi connectivity index (χ0v) is 10.8. The first-order valence-electron chi connectivity index (χ1n) is 6.09. The summed E-state index contributed by atoms with van der Waals surface area (Å²) in [5.74, 6) is 1.44. The zero-order chi connectivity index (χ0) is 12.1. The largest absolute Gasteiger partial charge is 0.493 e. The van der Waals surface area contributed by atoms with Gasteiger partial charge in [0, 0.05) is 5.69 Å². The Hall–Kier alpha value is -1.18. The molecule has 2 nitrogen and oxygen atoms in total. The Labute approximate surface area is 98.8 Å². The number of ether oxygens (including phenoxy) is 1. The van der Waals surface area contributed by atoms with Crippen molar-refractivity contribution in [2.45, 2.75) is 46.5 Å². The maximum Gasteiger partial charge on any atom is 0.123 e. The fourth-order valence-corrected chi connectivity index (χ4v) is 1.62. The predicted molar refractivity (Wildman–Crippen MR) is 70.1 cm³/mol. The normalized spacial score (nSPS) is 10.8. The van der Waals surface area contributed by atoms with Crippen LogP contribution < -0.4 is 10.5 Å². The molecular formula is C14H23NO. The minimum Gasteiger partial charge on any atom is -0.493 e. The third-order valence-corrected chi connectivity index (χ3v) is 2.78. The molecule has 0 unspecified atom stereocenters. The van der Waals surface area contributed by atoms with Crippen molar-refractivity contribution in [1.82, 2.24) is 0 Å². The lowest BCUT2D eigenvalue weighted by Gasteiger charge is -2.16. The van der Waals surface area contributed by atoms with Gasteiger partial charge in [-0.3, -0.25) is 0 Å². The van der Waals surface area contributed by atoms with Crippen LogP contribution in [0.2, 0.25) is 0 Å². The van der Waals surface area contributed by atoms with Gasteiger partial charge in [-0.1, -0.05) is 27.2 Å². The molecule has 0 saturated heterocycles. The average molecular weight is 221 g/mol. The summed E-state index contributed by atoms with van der Waals surface area (Å²) in [5.41, 5.74) is 9.08. The van der Waals surface area contributed by atoms with E-state index in [0.29, 0.717) is 5.92 Å². The topological polar surface area (TPSA) is 35.2 Å². The van der Waals surface area contributed by atoms with E-state index >= 15 is 0 Å². The van der Waals surface area contributed by atoms with Gasteiger partial charge in [-0.05, 0) is 42.5 Å². The van der Waals surface area contributed by atoms with Gasteiger partial charge in [-0.2, -0.15) is 0 Å². The Morgan fingerprint density at radius 3 is 2.56 bits per heavy atom. The highest BCUT2D eigenvalue weighted by molar-refractivity contribution is 5.55. The molecule has 0 saturated carbocycles. The van der Waals surface area contributed by atoms with Crippen molar-refractivity contribution in [1.29, 1.82) is 0 Å². The van der Waals surface area contributed by atoms with E-state index in [1.807, 2.05) is 13.0 Å². The predicted octanol–water partition coefficient (Wildman–Crippen LogP) is 3.88. The van der Waals surface area contributed by atoms with Gasteiger partial charge in [-0.25, -0.2) is 0 Å². The molecule has 16 heavy (non-hydrogen) atoms. The van der Waals surface area contributed by atoms with Crippen molar-refractivity contribution in [3.63, 3.8) is 0 Å². The molecule has 0 fully saturated rings. The highest BCUT2D eigenvalue weighted by Gasteiger charge is 2.10. The second-order valence-corrected chi connectivity index (χ2v) is 4.60. The summed E-state index contributed by atoms with van der Waals surface area (Å²) < 4.78 is 5.82. The quantitative estimate of drug-likeness (QED) is 0.605. The zero-order valence-electron chi connectivity index (χ0n) is 10.8. The van der Waals surface area contributed by atoms with Gasteiger partial charge in [0.2, 0.25) is 0 Å². The van der Waals surface area contributed by atoms with Crippen molar-refractivity contribution in [3.8, 4) is 5.75 Å². The van der Waals surface area contributed by atoms with E-state index in [-0.39, 0.29) is 0 Å². The number of nitrogen functional groups attached to an aromatic ring is 1. The number of rotatable bonds is 5. The summed E-state index contributed by atoms with van der Waals surface area (Å²) in [5, 5.41) is 0. The van der Waals surface area contributed by atoms with Gasteiger partial charge < -0.3 is 10.5 Å². The molecule has 1 aromatic carbocycles. The number of nitrogens with two attached hydrogens (primary N) is 1. The highest BCUT2D eigenvalue weighted by atomic mass is 16.5. The van der Waals surface area contributed by atoms with Crippen LogP contribution in [-0.2, 0) is 0 Å². The third kappa shape index (κ3) is 3.16. The first-order chi connectivity index (χ1) is 7.56. The Balaban J connectivity index is 2.91. The fourth-order valence-electron chi connectivity index (χ4n) is 1.62.